The van der Waals surface area contributed by atoms with Crippen LogP contribution in [0.1, 0.15) is 31.2 Å². The van der Waals surface area contributed by atoms with Crippen LogP contribution in [0.3, 0.4) is 0 Å². The zero-order valence-corrected chi connectivity index (χ0v) is 14.9. The second kappa shape index (κ2) is 7.61. The Kier molecular flexibility index (Phi) is 4.87. The van der Waals surface area contributed by atoms with Gasteiger partial charge in [0.25, 0.3) is 0 Å². The zero-order chi connectivity index (χ0) is 17.8. The summed E-state index contributed by atoms with van der Waals surface area (Å²) >= 11 is 0. The standard InChI is InChI=1S/C23H24N2O/c26-22-9-8-18-12-17(6-7-19(18)14-22)13-20-5-3-11-25-16-23(20)21-4-1-2-10-24-15-21/h4,6-9,12-16,25-26H,1-3,5,10-11H2/b20-13+. The summed E-state index contributed by atoms with van der Waals surface area (Å²) < 4.78 is 0. The molecule has 0 fully saturated rings. The van der Waals surface area contributed by atoms with E-state index in [9.17, 15) is 5.11 Å². The van der Waals surface area contributed by atoms with E-state index >= 15 is 0 Å². The fourth-order valence-electron chi connectivity index (χ4n) is 3.58. The van der Waals surface area contributed by atoms with Crippen LogP contribution >= 0.6 is 0 Å². The molecule has 2 aliphatic heterocycles. The first-order chi connectivity index (χ1) is 12.8. The number of phenolic OH excluding ortho intramolecular Hbond substituents is 1. The number of nitrogens with zero attached hydrogens (tertiary/aromatic N) is 1. The van der Waals surface area contributed by atoms with Gasteiger partial charge in [-0.2, -0.15) is 0 Å². The molecule has 0 aromatic heterocycles. The fourth-order valence-corrected chi connectivity index (χ4v) is 3.58. The van der Waals surface area contributed by atoms with E-state index < -0.39 is 0 Å². The highest BCUT2D eigenvalue weighted by Gasteiger charge is 2.13. The minimum absolute atomic E-state index is 0.309. The van der Waals surface area contributed by atoms with Crippen molar-refractivity contribution in [3.63, 3.8) is 0 Å². The Morgan fingerprint density at radius 3 is 2.88 bits per heavy atom. The summed E-state index contributed by atoms with van der Waals surface area (Å²) in [6.07, 6.45) is 13.2. The highest BCUT2D eigenvalue weighted by atomic mass is 16.3. The van der Waals surface area contributed by atoms with Crippen molar-refractivity contribution < 1.29 is 5.11 Å². The van der Waals surface area contributed by atoms with Gasteiger partial charge in [0.15, 0.2) is 0 Å². The van der Waals surface area contributed by atoms with E-state index in [2.05, 4.69) is 46.9 Å². The molecule has 2 aliphatic rings. The predicted octanol–water partition coefficient (Wildman–Crippen LogP) is 4.99. The average Bonchev–Trinajstić information content (AvgIpc) is 3.04. The number of hydrogen-bond acceptors (Lipinski definition) is 3. The number of benzene rings is 2. The van der Waals surface area contributed by atoms with Gasteiger partial charge in [-0.25, -0.2) is 0 Å². The lowest BCUT2D eigenvalue weighted by atomic mass is 9.93. The lowest BCUT2D eigenvalue weighted by molar-refractivity contribution is 0.476. The van der Waals surface area contributed by atoms with E-state index in [1.54, 1.807) is 12.1 Å². The second-order valence-corrected chi connectivity index (χ2v) is 6.91. The molecule has 3 heteroatoms. The van der Waals surface area contributed by atoms with Crippen LogP contribution in [0.15, 0.2) is 70.4 Å². The smallest absolute Gasteiger partial charge is 0.116 e. The van der Waals surface area contributed by atoms with Crippen molar-refractivity contribution in [3.05, 3.63) is 71.0 Å². The Labute approximate surface area is 154 Å². The number of phenols is 1. The zero-order valence-electron chi connectivity index (χ0n) is 14.9. The molecule has 3 nitrogen and oxygen atoms in total. The molecule has 2 aromatic carbocycles. The molecule has 0 spiro atoms. The molecule has 26 heavy (non-hydrogen) atoms. The highest BCUT2D eigenvalue weighted by Crippen LogP contribution is 2.29. The van der Waals surface area contributed by atoms with E-state index in [0.717, 1.165) is 49.5 Å². The summed E-state index contributed by atoms with van der Waals surface area (Å²) in [5, 5.41) is 15.3. The van der Waals surface area contributed by atoms with Crippen molar-refractivity contribution in [2.24, 2.45) is 4.99 Å². The molecule has 0 unspecified atom stereocenters. The van der Waals surface area contributed by atoms with Gasteiger partial charge in [0.1, 0.15) is 5.75 Å². The van der Waals surface area contributed by atoms with Crippen LogP contribution in [0.25, 0.3) is 16.8 Å². The van der Waals surface area contributed by atoms with Gasteiger partial charge in [-0.3, -0.25) is 4.99 Å². The van der Waals surface area contributed by atoms with Crippen LogP contribution < -0.4 is 5.32 Å². The summed E-state index contributed by atoms with van der Waals surface area (Å²) in [4.78, 5) is 4.54. The maximum atomic E-state index is 9.65. The van der Waals surface area contributed by atoms with Crippen molar-refractivity contribution in [1.29, 1.82) is 0 Å². The molecule has 0 saturated carbocycles. The minimum Gasteiger partial charge on any atom is -0.508 e. The first kappa shape index (κ1) is 16.6. The quantitative estimate of drug-likeness (QED) is 0.806. The summed E-state index contributed by atoms with van der Waals surface area (Å²) in [5.41, 5.74) is 5.04. The summed E-state index contributed by atoms with van der Waals surface area (Å²) in [5.74, 6) is 0.309. The van der Waals surface area contributed by atoms with E-state index in [1.165, 1.54) is 22.3 Å². The van der Waals surface area contributed by atoms with Gasteiger partial charge >= 0.3 is 0 Å². The predicted molar refractivity (Wildman–Crippen MR) is 110 cm³/mol. The maximum absolute atomic E-state index is 9.65. The second-order valence-electron chi connectivity index (χ2n) is 6.91. The van der Waals surface area contributed by atoms with Crippen molar-refractivity contribution in [2.75, 3.05) is 13.1 Å². The molecule has 2 aromatic rings. The molecule has 132 valence electrons. The molecule has 0 saturated heterocycles. The molecule has 0 amide bonds. The van der Waals surface area contributed by atoms with Gasteiger partial charge in [-0.05, 0) is 71.4 Å². The Hall–Kier alpha value is -2.81. The SMILES string of the molecule is Oc1ccc2cc(/C=C3\CCCNC=C3C3=CCCCN=C3)ccc2c1. The number of aromatic hydroxyl groups is 1. The first-order valence-electron chi connectivity index (χ1n) is 9.37. The Morgan fingerprint density at radius 2 is 1.92 bits per heavy atom. The molecule has 0 aliphatic carbocycles. The fraction of sp³-hybridized carbons (Fsp3) is 0.261. The van der Waals surface area contributed by atoms with Gasteiger partial charge in [0.05, 0.1) is 0 Å². The first-order valence-corrected chi connectivity index (χ1v) is 9.37. The topological polar surface area (TPSA) is 44.6 Å². The van der Waals surface area contributed by atoms with Crippen molar-refractivity contribution in [3.8, 4) is 5.75 Å². The Balaban J connectivity index is 1.73. The Bertz CT molecular complexity index is 934. The third-order valence-corrected chi connectivity index (χ3v) is 4.95. The Morgan fingerprint density at radius 1 is 1.04 bits per heavy atom. The van der Waals surface area contributed by atoms with Crippen molar-refractivity contribution >= 4 is 23.1 Å². The maximum Gasteiger partial charge on any atom is 0.116 e. The molecular formula is C23H24N2O. The van der Waals surface area contributed by atoms with Crippen molar-refractivity contribution in [2.45, 2.75) is 25.7 Å². The van der Waals surface area contributed by atoms with Crippen LogP contribution in [-0.4, -0.2) is 24.4 Å². The molecule has 2 N–H and O–H groups in total. The number of aliphatic imine (C=N–C) groups is 1. The average molecular weight is 344 g/mol. The lowest BCUT2D eigenvalue weighted by Crippen LogP contribution is -2.05. The molecule has 4 rings (SSSR count). The van der Waals surface area contributed by atoms with Gasteiger partial charge in [0, 0.05) is 31.1 Å². The number of fused-ring (bicyclic) bond motifs is 1. The van der Waals surface area contributed by atoms with E-state index in [0.29, 0.717) is 5.75 Å². The summed E-state index contributed by atoms with van der Waals surface area (Å²) in [6.45, 7) is 1.92. The monoisotopic (exact) mass is 344 g/mol. The molecule has 0 atom stereocenters. The van der Waals surface area contributed by atoms with Crippen LogP contribution in [0.4, 0.5) is 0 Å². The largest absolute Gasteiger partial charge is 0.508 e. The van der Waals surface area contributed by atoms with Crippen molar-refractivity contribution in [1.82, 2.24) is 5.32 Å². The van der Waals surface area contributed by atoms with E-state index in [1.807, 2.05) is 12.3 Å². The van der Waals surface area contributed by atoms with Gasteiger partial charge < -0.3 is 10.4 Å². The van der Waals surface area contributed by atoms with Crippen LogP contribution in [0.5, 0.6) is 5.75 Å². The van der Waals surface area contributed by atoms with E-state index in [4.69, 9.17) is 0 Å². The highest BCUT2D eigenvalue weighted by molar-refractivity contribution is 5.89. The number of rotatable bonds is 2. The lowest BCUT2D eigenvalue weighted by Gasteiger charge is -2.11. The number of allylic oxidation sites excluding steroid dienone is 4. The third-order valence-electron chi connectivity index (χ3n) is 4.95. The minimum atomic E-state index is 0.309. The number of nitrogens with one attached hydrogen (secondary N) is 1. The van der Waals surface area contributed by atoms with Crippen LogP contribution in [0.2, 0.25) is 0 Å². The molecule has 0 bridgehead atoms. The van der Waals surface area contributed by atoms with E-state index in [-0.39, 0.29) is 0 Å². The molecule has 0 radical (unpaired) electrons. The van der Waals surface area contributed by atoms with Crippen LogP contribution in [-0.2, 0) is 0 Å². The van der Waals surface area contributed by atoms with Gasteiger partial charge in [0.2, 0.25) is 0 Å². The van der Waals surface area contributed by atoms with Gasteiger partial charge in [-0.1, -0.05) is 30.4 Å². The third kappa shape index (κ3) is 3.72. The molecule has 2 heterocycles. The summed E-state index contributed by atoms with van der Waals surface area (Å²) in [6, 6.07) is 11.9. The van der Waals surface area contributed by atoms with Gasteiger partial charge in [-0.15, -0.1) is 0 Å². The molecular weight excluding hydrogens is 320 g/mol. The van der Waals surface area contributed by atoms with Crippen LogP contribution in [0, 0.1) is 0 Å². The summed E-state index contributed by atoms with van der Waals surface area (Å²) in [7, 11) is 0. The normalized spacial score (nSPS) is 19.5. The number of hydrogen-bond donors (Lipinski definition) is 2.